The van der Waals surface area contributed by atoms with E-state index in [2.05, 4.69) is 34.0 Å². The predicted octanol–water partition coefficient (Wildman–Crippen LogP) is 3.24. The van der Waals surface area contributed by atoms with E-state index >= 15 is 0 Å². The Morgan fingerprint density at radius 2 is 1.63 bits per heavy atom. The van der Waals surface area contributed by atoms with Crippen LogP contribution in [0.4, 0.5) is 0 Å². The molecular weight excluding hydrogens is 338 g/mol. The molecule has 5 rings (SSSR count). The van der Waals surface area contributed by atoms with Gasteiger partial charge in [0.05, 0.1) is 18.1 Å². The van der Waals surface area contributed by atoms with Crippen LogP contribution in [0.1, 0.15) is 23.4 Å². The Labute approximate surface area is 158 Å². The van der Waals surface area contributed by atoms with Gasteiger partial charge in [0.2, 0.25) is 0 Å². The number of amides is 2. The van der Waals surface area contributed by atoms with Crippen LogP contribution in [-0.2, 0) is 9.59 Å². The molecule has 5 heteroatoms. The number of carbonyl (C=O) groups is 2. The lowest BCUT2D eigenvalue weighted by Gasteiger charge is -2.13. The number of hydrogen-bond donors (Lipinski definition) is 0. The van der Waals surface area contributed by atoms with Crippen LogP contribution in [0.25, 0.3) is 5.69 Å². The first kappa shape index (κ1) is 16.2. The molecule has 2 bridgehead atoms. The van der Waals surface area contributed by atoms with Gasteiger partial charge in [0.1, 0.15) is 0 Å². The van der Waals surface area contributed by atoms with Crippen LogP contribution in [0.3, 0.4) is 0 Å². The van der Waals surface area contributed by atoms with Gasteiger partial charge in [-0.15, -0.1) is 0 Å². The summed E-state index contributed by atoms with van der Waals surface area (Å²) in [4.78, 5) is 25.5. The van der Waals surface area contributed by atoms with Crippen LogP contribution in [0.2, 0.25) is 0 Å². The van der Waals surface area contributed by atoms with Gasteiger partial charge in [0.25, 0.3) is 11.8 Å². The highest BCUT2D eigenvalue weighted by molar-refractivity contribution is 6.06. The van der Waals surface area contributed by atoms with E-state index in [1.54, 1.807) is 6.21 Å². The zero-order valence-electron chi connectivity index (χ0n) is 15.4. The van der Waals surface area contributed by atoms with E-state index < -0.39 is 0 Å². The van der Waals surface area contributed by atoms with Crippen molar-refractivity contribution in [2.75, 3.05) is 0 Å². The average Bonchev–Trinajstić information content (AvgIpc) is 3.40. The van der Waals surface area contributed by atoms with Gasteiger partial charge < -0.3 is 4.57 Å². The second kappa shape index (κ2) is 5.78. The monoisotopic (exact) mass is 359 g/mol. The number of imide groups is 1. The predicted molar refractivity (Wildman–Crippen MR) is 102 cm³/mol. The van der Waals surface area contributed by atoms with E-state index in [0.29, 0.717) is 0 Å². The molecule has 2 amide bonds. The molecule has 2 aromatic rings. The van der Waals surface area contributed by atoms with Gasteiger partial charge in [-0.3, -0.25) is 9.59 Å². The zero-order valence-corrected chi connectivity index (χ0v) is 15.4. The number of benzene rings is 1. The number of hydrogen-bond acceptors (Lipinski definition) is 3. The van der Waals surface area contributed by atoms with Crippen molar-refractivity contribution in [1.29, 1.82) is 0 Å². The summed E-state index contributed by atoms with van der Waals surface area (Å²) in [7, 11) is 0. The summed E-state index contributed by atoms with van der Waals surface area (Å²) in [6.07, 6.45) is 6.77. The minimum absolute atomic E-state index is 0.144. The number of fused-ring (bicyclic) bond motifs is 5. The number of aromatic nitrogens is 1. The number of aryl methyl sites for hydroxylation is 1. The number of nitrogens with zero attached hydrogens (tertiary/aromatic N) is 3. The van der Waals surface area contributed by atoms with E-state index in [4.69, 9.17) is 0 Å². The third-order valence-electron chi connectivity index (χ3n) is 6.24. The average molecular weight is 359 g/mol. The Morgan fingerprint density at radius 1 is 1.00 bits per heavy atom. The molecule has 1 saturated carbocycles. The van der Waals surface area contributed by atoms with E-state index in [1.165, 1.54) is 0 Å². The molecule has 1 aromatic carbocycles. The van der Waals surface area contributed by atoms with Crippen molar-refractivity contribution in [2.45, 2.75) is 20.3 Å². The molecule has 0 N–H and O–H groups in total. The van der Waals surface area contributed by atoms with Crippen molar-refractivity contribution in [3.05, 3.63) is 65.5 Å². The number of allylic oxidation sites excluding steroid dienone is 2. The van der Waals surface area contributed by atoms with Crippen molar-refractivity contribution < 1.29 is 9.59 Å². The van der Waals surface area contributed by atoms with Gasteiger partial charge in [-0.2, -0.15) is 10.1 Å². The highest BCUT2D eigenvalue weighted by Crippen LogP contribution is 2.52. The molecule has 3 aliphatic rings. The highest BCUT2D eigenvalue weighted by atomic mass is 16.2. The molecule has 1 saturated heterocycles. The smallest absolute Gasteiger partial charge is 0.254 e. The van der Waals surface area contributed by atoms with Gasteiger partial charge in [0.15, 0.2) is 0 Å². The van der Waals surface area contributed by atoms with Crippen LogP contribution in [0, 0.1) is 37.5 Å². The van der Waals surface area contributed by atoms with Crippen molar-refractivity contribution in [3.63, 3.8) is 0 Å². The topological polar surface area (TPSA) is 54.7 Å². The van der Waals surface area contributed by atoms with E-state index in [-0.39, 0.29) is 35.5 Å². The fourth-order valence-corrected chi connectivity index (χ4v) is 5.01. The highest BCUT2D eigenvalue weighted by Gasteiger charge is 2.59. The molecule has 1 aliphatic heterocycles. The molecule has 5 nitrogen and oxygen atoms in total. The van der Waals surface area contributed by atoms with Gasteiger partial charge >= 0.3 is 0 Å². The fourth-order valence-electron chi connectivity index (χ4n) is 5.01. The van der Waals surface area contributed by atoms with Gasteiger partial charge in [-0.25, -0.2) is 0 Å². The molecule has 2 heterocycles. The van der Waals surface area contributed by atoms with Crippen LogP contribution >= 0.6 is 0 Å². The first-order valence-corrected chi connectivity index (χ1v) is 9.41. The van der Waals surface area contributed by atoms with Gasteiger partial charge in [0, 0.05) is 22.6 Å². The third kappa shape index (κ3) is 2.27. The number of hydrazone groups is 1. The van der Waals surface area contributed by atoms with Crippen molar-refractivity contribution in [1.82, 2.24) is 9.58 Å². The zero-order chi connectivity index (χ0) is 18.7. The summed E-state index contributed by atoms with van der Waals surface area (Å²) < 4.78 is 2.15. The van der Waals surface area contributed by atoms with Crippen LogP contribution in [0.5, 0.6) is 0 Å². The molecule has 27 heavy (non-hydrogen) atoms. The Bertz CT molecular complexity index is 972. The van der Waals surface area contributed by atoms with E-state index in [1.807, 2.05) is 38.1 Å². The standard InChI is InChI=1S/C22H21N3O2/c1-13-10-17(14(2)24(13)18-6-4-3-5-7-18)12-23-25-21(26)19-15-8-9-16(11-15)20(19)22(25)27/h3-10,12,15-16,19-20H,11H2,1-2H3/t15-,16-,19-,20+/m0/s1. The summed E-state index contributed by atoms with van der Waals surface area (Å²) in [5, 5.41) is 5.42. The summed E-state index contributed by atoms with van der Waals surface area (Å²) in [5.41, 5.74) is 4.11. The molecule has 2 fully saturated rings. The molecule has 4 atom stereocenters. The molecule has 2 aliphatic carbocycles. The van der Waals surface area contributed by atoms with Gasteiger partial charge in [-0.05, 0) is 50.3 Å². The van der Waals surface area contributed by atoms with Gasteiger partial charge in [-0.1, -0.05) is 30.4 Å². The molecule has 1 aromatic heterocycles. The lowest BCUT2D eigenvalue weighted by atomic mass is 9.85. The molecule has 0 radical (unpaired) electrons. The number of carbonyl (C=O) groups excluding carboxylic acids is 2. The molecule has 136 valence electrons. The Hall–Kier alpha value is -2.95. The van der Waals surface area contributed by atoms with E-state index in [0.717, 1.165) is 34.1 Å². The quantitative estimate of drug-likeness (QED) is 0.480. The Kier molecular flexibility index (Phi) is 3.47. The summed E-state index contributed by atoms with van der Waals surface area (Å²) in [6.45, 7) is 4.06. The maximum atomic E-state index is 12.7. The SMILES string of the molecule is Cc1cc(C=NN2C(=O)[C@@H]3[C@H](C2=O)[C@H]2C=C[C@H]3C2)c(C)n1-c1ccccc1. The first-order valence-electron chi connectivity index (χ1n) is 9.41. The van der Waals surface area contributed by atoms with Crippen LogP contribution in [0.15, 0.2) is 53.7 Å². The third-order valence-corrected chi connectivity index (χ3v) is 6.24. The summed E-state index contributed by atoms with van der Waals surface area (Å²) in [6, 6.07) is 12.1. The maximum absolute atomic E-state index is 12.7. The maximum Gasteiger partial charge on any atom is 0.254 e. The molecule has 0 spiro atoms. The lowest BCUT2D eigenvalue weighted by Crippen LogP contribution is -2.28. The second-order valence-corrected chi connectivity index (χ2v) is 7.73. The minimum Gasteiger partial charge on any atom is -0.318 e. The molecular formula is C22H21N3O2. The van der Waals surface area contributed by atoms with Crippen molar-refractivity contribution >= 4 is 18.0 Å². The number of rotatable bonds is 3. The lowest BCUT2D eigenvalue weighted by molar-refractivity contribution is -0.140. The second-order valence-electron chi connectivity index (χ2n) is 7.73. The Morgan fingerprint density at radius 3 is 2.26 bits per heavy atom. The largest absolute Gasteiger partial charge is 0.318 e. The first-order chi connectivity index (χ1) is 13.1. The fraction of sp³-hybridized carbons (Fsp3) is 0.318. The number of para-hydroxylation sites is 1. The minimum atomic E-state index is -0.207. The van der Waals surface area contributed by atoms with Crippen LogP contribution < -0.4 is 0 Å². The van der Waals surface area contributed by atoms with E-state index in [9.17, 15) is 9.59 Å². The summed E-state index contributed by atoms with van der Waals surface area (Å²) in [5.74, 6) is -0.285. The molecule has 0 unspecified atom stereocenters. The normalized spacial score (nSPS) is 28.7. The Balaban J connectivity index is 1.44. The van der Waals surface area contributed by atoms with Crippen molar-refractivity contribution in [2.24, 2.45) is 28.8 Å². The van der Waals surface area contributed by atoms with Crippen LogP contribution in [-0.4, -0.2) is 27.6 Å². The summed E-state index contributed by atoms with van der Waals surface area (Å²) >= 11 is 0. The van der Waals surface area contributed by atoms with Crippen molar-refractivity contribution in [3.8, 4) is 5.69 Å².